The average Bonchev–Trinajstić information content (AvgIpc) is 2.77. The van der Waals surface area contributed by atoms with E-state index in [1.54, 1.807) is 7.05 Å². The molecule has 168 valence electrons. The molecule has 2 aromatic carbocycles. The zero-order chi connectivity index (χ0) is 22.3. The third-order valence-electron chi connectivity index (χ3n) is 5.47. The van der Waals surface area contributed by atoms with Crippen LogP contribution in [0.1, 0.15) is 29.5 Å². The molecule has 0 bridgehead atoms. The van der Waals surface area contributed by atoms with E-state index in [9.17, 15) is 13.2 Å². The van der Waals surface area contributed by atoms with Crippen LogP contribution in [-0.2, 0) is 19.3 Å². The maximum atomic E-state index is 13.4. The fraction of sp³-hybridized carbons (Fsp3) is 0.435. The van der Waals surface area contributed by atoms with Crippen LogP contribution < -0.4 is 15.4 Å². The fourth-order valence-corrected chi connectivity index (χ4v) is 3.74. The van der Waals surface area contributed by atoms with Gasteiger partial charge in [0.1, 0.15) is 5.75 Å². The largest absolute Gasteiger partial charge is 0.497 e. The summed E-state index contributed by atoms with van der Waals surface area (Å²) in [5.74, 6) is 0.686. The number of hydrogen-bond donors (Lipinski definition) is 2. The smallest absolute Gasteiger partial charge is 0.416 e. The van der Waals surface area contributed by atoms with Crippen molar-refractivity contribution in [1.29, 1.82) is 0 Å². The van der Waals surface area contributed by atoms with E-state index in [0.29, 0.717) is 5.96 Å². The SMILES string of the molecule is CN=C(NCc1ccc(OC)cc1C(F)(F)F)NC1CCN(Cc2ccccc2)CC1. The van der Waals surface area contributed by atoms with Crippen molar-refractivity contribution < 1.29 is 17.9 Å². The summed E-state index contributed by atoms with van der Waals surface area (Å²) in [5, 5.41) is 6.37. The zero-order valence-electron chi connectivity index (χ0n) is 17.9. The van der Waals surface area contributed by atoms with E-state index in [1.165, 1.54) is 24.8 Å². The van der Waals surface area contributed by atoms with Gasteiger partial charge in [0.2, 0.25) is 0 Å². The summed E-state index contributed by atoms with van der Waals surface area (Å²) < 4.78 is 45.1. The molecule has 2 N–H and O–H groups in total. The lowest BCUT2D eigenvalue weighted by Gasteiger charge is -2.33. The second-order valence-electron chi connectivity index (χ2n) is 7.63. The zero-order valence-corrected chi connectivity index (χ0v) is 17.9. The van der Waals surface area contributed by atoms with Gasteiger partial charge in [0.05, 0.1) is 12.7 Å². The molecule has 5 nitrogen and oxygen atoms in total. The first-order valence-corrected chi connectivity index (χ1v) is 10.4. The Morgan fingerprint density at radius 2 is 1.84 bits per heavy atom. The van der Waals surface area contributed by atoms with E-state index in [-0.39, 0.29) is 23.9 Å². The summed E-state index contributed by atoms with van der Waals surface area (Å²) in [6, 6.07) is 14.6. The number of methoxy groups -OCH3 is 1. The lowest BCUT2D eigenvalue weighted by Crippen LogP contribution is -2.48. The molecule has 3 rings (SSSR count). The van der Waals surface area contributed by atoms with Crippen LogP contribution in [0.2, 0.25) is 0 Å². The lowest BCUT2D eigenvalue weighted by molar-refractivity contribution is -0.138. The van der Waals surface area contributed by atoms with Crippen molar-refractivity contribution >= 4 is 5.96 Å². The Bertz CT molecular complexity index is 863. The van der Waals surface area contributed by atoms with E-state index >= 15 is 0 Å². The predicted octanol–water partition coefficient (Wildman–Crippen LogP) is 4.04. The normalized spacial score (nSPS) is 16.2. The van der Waals surface area contributed by atoms with Crippen LogP contribution in [-0.4, -0.2) is 44.1 Å². The van der Waals surface area contributed by atoms with Crippen LogP contribution in [0.25, 0.3) is 0 Å². The molecular weight excluding hydrogens is 405 g/mol. The van der Waals surface area contributed by atoms with Crippen LogP contribution in [0.5, 0.6) is 5.75 Å². The predicted molar refractivity (Wildman–Crippen MR) is 116 cm³/mol. The highest BCUT2D eigenvalue weighted by Crippen LogP contribution is 2.34. The van der Waals surface area contributed by atoms with Crippen molar-refractivity contribution in [2.45, 2.75) is 38.1 Å². The molecule has 0 aromatic heterocycles. The highest BCUT2D eigenvalue weighted by atomic mass is 19.4. The molecule has 0 saturated carbocycles. The Balaban J connectivity index is 1.52. The highest BCUT2D eigenvalue weighted by molar-refractivity contribution is 5.80. The molecule has 1 fully saturated rings. The summed E-state index contributed by atoms with van der Waals surface area (Å²) in [6.07, 6.45) is -2.55. The standard InChI is InChI=1S/C23H29F3N4O/c1-27-22(28-15-18-8-9-20(31-2)14-21(18)23(24,25)26)29-19-10-12-30(13-11-19)16-17-6-4-3-5-7-17/h3-9,14,19H,10-13,15-16H2,1-2H3,(H2,27,28,29). The highest BCUT2D eigenvalue weighted by Gasteiger charge is 2.33. The summed E-state index contributed by atoms with van der Waals surface area (Å²) in [4.78, 5) is 6.60. The Labute approximate surface area is 181 Å². The maximum Gasteiger partial charge on any atom is 0.416 e. The van der Waals surface area contributed by atoms with E-state index in [4.69, 9.17) is 4.74 Å². The number of aliphatic imine (C=N–C) groups is 1. The molecule has 0 atom stereocenters. The maximum absolute atomic E-state index is 13.4. The van der Waals surface area contributed by atoms with Crippen LogP contribution >= 0.6 is 0 Å². The van der Waals surface area contributed by atoms with Gasteiger partial charge in [-0.15, -0.1) is 0 Å². The van der Waals surface area contributed by atoms with Crippen molar-refractivity contribution in [2.75, 3.05) is 27.2 Å². The van der Waals surface area contributed by atoms with Crippen LogP contribution in [0.3, 0.4) is 0 Å². The quantitative estimate of drug-likeness (QED) is 0.532. The molecule has 31 heavy (non-hydrogen) atoms. The van der Waals surface area contributed by atoms with Crippen molar-refractivity contribution in [3.8, 4) is 5.75 Å². The number of piperidine rings is 1. The van der Waals surface area contributed by atoms with Crippen LogP contribution in [0, 0.1) is 0 Å². The number of nitrogens with one attached hydrogen (secondary N) is 2. The van der Waals surface area contributed by atoms with E-state index in [0.717, 1.165) is 38.5 Å². The van der Waals surface area contributed by atoms with Gasteiger partial charge in [0, 0.05) is 39.3 Å². The Morgan fingerprint density at radius 3 is 2.45 bits per heavy atom. The molecule has 0 aliphatic carbocycles. The number of ether oxygens (including phenoxy) is 1. The first-order chi connectivity index (χ1) is 14.9. The van der Waals surface area contributed by atoms with Gasteiger partial charge in [-0.2, -0.15) is 13.2 Å². The number of rotatable bonds is 6. The average molecular weight is 435 g/mol. The molecule has 0 amide bonds. The first kappa shape index (κ1) is 22.9. The summed E-state index contributed by atoms with van der Waals surface area (Å²) in [6.45, 7) is 2.87. The van der Waals surface area contributed by atoms with Gasteiger partial charge in [0.15, 0.2) is 5.96 Å². The van der Waals surface area contributed by atoms with Gasteiger partial charge in [0.25, 0.3) is 0 Å². The molecule has 1 aliphatic heterocycles. The first-order valence-electron chi connectivity index (χ1n) is 10.4. The molecular formula is C23H29F3N4O. The minimum absolute atomic E-state index is 0.0192. The molecule has 2 aromatic rings. The van der Waals surface area contributed by atoms with Crippen molar-refractivity contribution in [3.05, 3.63) is 65.2 Å². The third kappa shape index (κ3) is 6.62. The molecule has 0 unspecified atom stereocenters. The Kier molecular flexibility index (Phi) is 7.79. The molecule has 8 heteroatoms. The minimum atomic E-state index is -4.45. The van der Waals surface area contributed by atoms with E-state index in [1.807, 2.05) is 18.2 Å². The van der Waals surface area contributed by atoms with Crippen molar-refractivity contribution in [2.24, 2.45) is 4.99 Å². The molecule has 1 saturated heterocycles. The number of benzene rings is 2. The van der Waals surface area contributed by atoms with Crippen molar-refractivity contribution in [3.63, 3.8) is 0 Å². The Morgan fingerprint density at radius 1 is 1.13 bits per heavy atom. The number of alkyl halides is 3. The van der Waals surface area contributed by atoms with Crippen LogP contribution in [0.15, 0.2) is 53.5 Å². The number of halogens is 3. The number of hydrogen-bond acceptors (Lipinski definition) is 3. The summed E-state index contributed by atoms with van der Waals surface area (Å²) >= 11 is 0. The third-order valence-corrected chi connectivity index (χ3v) is 5.47. The van der Waals surface area contributed by atoms with Crippen LogP contribution in [0.4, 0.5) is 13.2 Å². The number of likely N-dealkylation sites (tertiary alicyclic amines) is 1. The van der Waals surface area contributed by atoms with Gasteiger partial charge < -0.3 is 15.4 Å². The monoisotopic (exact) mass is 434 g/mol. The molecule has 0 spiro atoms. The molecule has 0 radical (unpaired) electrons. The topological polar surface area (TPSA) is 48.9 Å². The second kappa shape index (κ2) is 10.5. The molecule has 1 aliphatic rings. The van der Waals surface area contributed by atoms with Gasteiger partial charge in [-0.05, 0) is 36.1 Å². The Hall–Kier alpha value is -2.74. The minimum Gasteiger partial charge on any atom is -0.497 e. The van der Waals surface area contributed by atoms with Crippen molar-refractivity contribution in [1.82, 2.24) is 15.5 Å². The van der Waals surface area contributed by atoms with Gasteiger partial charge in [-0.25, -0.2) is 0 Å². The van der Waals surface area contributed by atoms with Gasteiger partial charge in [-0.1, -0.05) is 36.4 Å². The second-order valence-corrected chi connectivity index (χ2v) is 7.63. The fourth-order valence-electron chi connectivity index (χ4n) is 3.74. The van der Waals surface area contributed by atoms with E-state index in [2.05, 4.69) is 32.7 Å². The molecule has 1 heterocycles. The lowest BCUT2D eigenvalue weighted by atomic mass is 10.0. The number of nitrogens with zero attached hydrogens (tertiary/aromatic N) is 2. The summed E-state index contributed by atoms with van der Waals surface area (Å²) in [5.41, 5.74) is 0.740. The van der Waals surface area contributed by atoms with Gasteiger partial charge >= 0.3 is 6.18 Å². The van der Waals surface area contributed by atoms with Gasteiger partial charge in [-0.3, -0.25) is 9.89 Å². The number of guanidine groups is 1. The van der Waals surface area contributed by atoms with E-state index < -0.39 is 11.7 Å². The summed E-state index contributed by atoms with van der Waals surface area (Å²) in [7, 11) is 2.98.